The summed E-state index contributed by atoms with van der Waals surface area (Å²) in [6, 6.07) is 11.9. The Labute approximate surface area is 222 Å². The van der Waals surface area contributed by atoms with Crippen LogP contribution in [-0.2, 0) is 5.54 Å². The Morgan fingerprint density at radius 1 is 0.973 bits per heavy atom. The maximum atomic E-state index is 13.6. The molecule has 8 nitrogen and oxygen atoms in total. The first kappa shape index (κ1) is 25.4. The van der Waals surface area contributed by atoms with E-state index in [1.807, 2.05) is 29.8 Å². The van der Waals surface area contributed by atoms with Crippen molar-refractivity contribution in [3.63, 3.8) is 0 Å². The van der Waals surface area contributed by atoms with Crippen LogP contribution in [0.1, 0.15) is 54.9 Å². The van der Waals surface area contributed by atoms with Gasteiger partial charge in [0.2, 0.25) is 0 Å². The van der Waals surface area contributed by atoms with Crippen LogP contribution in [0.5, 0.6) is 0 Å². The highest BCUT2D eigenvalue weighted by atomic mass is 35.5. The fourth-order valence-corrected chi connectivity index (χ4v) is 5.56. The van der Waals surface area contributed by atoms with Crippen molar-refractivity contribution in [3.05, 3.63) is 79.9 Å². The average Bonchev–Trinajstić information content (AvgIpc) is 3.32. The quantitative estimate of drug-likeness (QED) is 0.418. The molecule has 2 aromatic heterocycles. The topological polar surface area (TPSA) is 82.9 Å². The molecule has 1 aliphatic rings. The number of nitrogens with one attached hydrogen (secondary N) is 1. The first-order chi connectivity index (χ1) is 17.5. The minimum Gasteiger partial charge on any atom is -0.369 e. The van der Waals surface area contributed by atoms with Gasteiger partial charge in [-0.3, -0.25) is 9.69 Å². The fraction of sp³-hybridized carbons (Fsp3) is 0.429. The predicted molar refractivity (Wildman–Crippen MR) is 149 cm³/mol. The third-order valence-electron chi connectivity index (χ3n) is 7.18. The van der Waals surface area contributed by atoms with Crippen molar-refractivity contribution in [1.82, 2.24) is 30.1 Å². The number of hydrogen-bond acceptors (Lipinski definition) is 6. The molecule has 1 N–H and O–H groups in total. The first-order valence-electron chi connectivity index (χ1n) is 12.7. The molecule has 1 aliphatic heterocycles. The van der Waals surface area contributed by atoms with E-state index >= 15 is 0 Å². The lowest BCUT2D eigenvalue weighted by Gasteiger charge is -2.40. The van der Waals surface area contributed by atoms with E-state index in [-0.39, 0.29) is 17.1 Å². The van der Waals surface area contributed by atoms with Gasteiger partial charge in [0.15, 0.2) is 5.82 Å². The van der Waals surface area contributed by atoms with Gasteiger partial charge < -0.3 is 9.88 Å². The molecule has 0 amide bonds. The summed E-state index contributed by atoms with van der Waals surface area (Å²) in [4.78, 5) is 21.4. The summed E-state index contributed by atoms with van der Waals surface area (Å²) in [5.74, 6) is 0.675. The highest BCUT2D eigenvalue weighted by molar-refractivity contribution is 6.30. The van der Waals surface area contributed by atoms with Crippen molar-refractivity contribution in [1.29, 1.82) is 0 Å². The van der Waals surface area contributed by atoms with Gasteiger partial charge in [-0.1, -0.05) is 29.3 Å². The predicted octanol–water partition coefficient (Wildman–Crippen LogP) is 4.76. The van der Waals surface area contributed by atoms with E-state index in [4.69, 9.17) is 11.6 Å². The second-order valence-electron chi connectivity index (χ2n) is 11.1. The highest BCUT2D eigenvalue weighted by Gasteiger charge is 2.35. The van der Waals surface area contributed by atoms with Crippen molar-refractivity contribution in [2.24, 2.45) is 0 Å². The number of aryl methyl sites for hydroxylation is 3. The van der Waals surface area contributed by atoms with Gasteiger partial charge in [0.1, 0.15) is 6.04 Å². The fourth-order valence-electron chi connectivity index (χ4n) is 5.39. The van der Waals surface area contributed by atoms with Crippen LogP contribution in [0, 0.1) is 20.8 Å². The highest BCUT2D eigenvalue weighted by Crippen LogP contribution is 2.32. The van der Waals surface area contributed by atoms with Gasteiger partial charge in [0, 0.05) is 42.5 Å². The summed E-state index contributed by atoms with van der Waals surface area (Å²) in [7, 11) is 0. The van der Waals surface area contributed by atoms with Gasteiger partial charge in [-0.05, 0) is 92.7 Å². The normalized spacial score (nSPS) is 15.9. The lowest BCUT2D eigenvalue weighted by Crippen LogP contribution is -2.49. The molecule has 0 spiro atoms. The van der Waals surface area contributed by atoms with Crippen LogP contribution in [-0.4, -0.2) is 56.3 Å². The van der Waals surface area contributed by atoms with E-state index in [2.05, 4.69) is 83.1 Å². The molecule has 1 atom stereocenters. The van der Waals surface area contributed by atoms with Gasteiger partial charge in [-0.2, -0.15) is 0 Å². The lowest BCUT2D eigenvalue weighted by atomic mass is 9.99. The van der Waals surface area contributed by atoms with Gasteiger partial charge >= 0.3 is 0 Å². The average molecular weight is 520 g/mol. The summed E-state index contributed by atoms with van der Waals surface area (Å²) in [5.41, 5.74) is 5.64. The van der Waals surface area contributed by atoms with Crippen LogP contribution < -0.4 is 10.5 Å². The number of pyridine rings is 1. The number of rotatable bonds is 4. The molecule has 0 saturated carbocycles. The summed E-state index contributed by atoms with van der Waals surface area (Å²) in [6.07, 6.45) is 0. The van der Waals surface area contributed by atoms with E-state index < -0.39 is 0 Å². The number of aromatic nitrogens is 5. The number of benzene rings is 2. The van der Waals surface area contributed by atoms with Gasteiger partial charge in [0.25, 0.3) is 5.56 Å². The Kier molecular flexibility index (Phi) is 6.58. The molecular weight excluding hydrogens is 486 g/mol. The molecule has 37 heavy (non-hydrogen) atoms. The number of aromatic amines is 1. The largest absolute Gasteiger partial charge is 0.369 e. The van der Waals surface area contributed by atoms with Gasteiger partial charge in [-0.25, -0.2) is 4.68 Å². The van der Waals surface area contributed by atoms with E-state index in [0.29, 0.717) is 11.4 Å². The van der Waals surface area contributed by atoms with Gasteiger partial charge in [0.05, 0.1) is 11.1 Å². The summed E-state index contributed by atoms with van der Waals surface area (Å²) in [5, 5.41) is 14.6. The van der Waals surface area contributed by atoms with E-state index in [0.717, 1.165) is 58.9 Å². The van der Waals surface area contributed by atoms with Crippen molar-refractivity contribution in [2.75, 3.05) is 31.1 Å². The Morgan fingerprint density at radius 2 is 1.70 bits per heavy atom. The molecule has 0 unspecified atom stereocenters. The molecule has 0 radical (unpaired) electrons. The molecule has 0 bridgehead atoms. The molecule has 1 fully saturated rings. The number of H-pyrrole nitrogens is 1. The van der Waals surface area contributed by atoms with E-state index in [1.54, 1.807) is 0 Å². The number of anilines is 1. The number of hydrogen-bond donors (Lipinski definition) is 1. The third-order valence-corrected chi connectivity index (χ3v) is 7.42. The molecule has 4 aromatic rings. The van der Waals surface area contributed by atoms with Crippen LogP contribution in [0.15, 0.2) is 41.2 Å². The van der Waals surface area contributed by atoms with Crippen LogP contribution >= 0.6 is 11.6 Å². The second kappa shape index (κ2) is 9.58. The monoisotopic (exact) mass is 519 g/mol. The molecule has 0 aliphatic carbocycles. The Balaban J connectivity index is 1.58. The van der Waals surface area contributed by atoms with E-state index in [9.17, 15) is 4.79 Å². The number of halogens is 1. The number of tetrazole rings is 1. The zero-order valence-corrected chi connectivity index (χ0v) is 23.1. The van der Waals surface area contributed by atoms with Crippen molar-refractivity contribution < 1.29 is 0 Å². The van der Waals surface area contributed by atoms with Crippen LogP contribution in [0.3, 0.4) is 0 Å². The Bertz CT molecular complexity index is 1510. The second-order valence-corrected chi connectivity index (χ2v) is 11.5. The molecule has 2 aromatic carbocycles. The zero-order valence-electron chi connectivity index (χ0n) is 22.3. The van der Waals surface area contributed by atoms with Crippen LogP contribution in [0.2, 0.25) is 5.02 Å². The molecule has 9 heteroatoms. The van der Waals surface area contributed by atoms with Crippen molar-refractivity contribution in [2.45, 2.75) is 53.1 Å². The standard InChI is InChI=1S/C28H34ClN7O/c1-17-13-19(3)24-20(14-17)15-22(27(37)30-24)25(26-31-32-33-36(26)28(4,5)6)35-11-9-34(10-12-35)23-16-21(29)8-7-18(23)2/h7-8,13-16,25H,9-12H2,1-6H3,(H,30,37)/t25-/m0/s1. The number of fused-ring (bicyclic) bond motifs is 1. The number of nitrogens with zero attached hydrogens (tertiary/aromatic N) is 6. The Hall–Kier alpha value is -3.23. The van der Waals surface area contributed by atoms with Crippen molar-refractivity contribution >= 4 is 28.2 Å². The first-order valence-corrected chi connectivity index (χ1v) is 13.1. The maximum Gasteiger partial charge on any atom is 0.253 e. The molecule has 1 saturated heterocycles. The van der Waals surface area contributed by atoms with Crippen molar-refractivity contribution in [3.8, 4) is 0 Å². The molecular formula is C28H34ClN7O. The summed E-state index contributed by atoms with van der Waals surface area (Å²) in [6.45, 7) is 15.5. The van der Waals surface area contributed by atoms with Gasteiger partial charge in [-0.15, -0.1) is 5.10 Å². The van der Waals surface area contributed by atoms with Crippen LogP contribution in [0.25, 0.3) is 10.9 Å². The SMILES string of the molecule is Cc1cc(C)c2[nH]c(=O)c([C@@H](c3nnnn3C(C)(C)C)N3CCN(c4cc(Cl)ccc4C)CC3)cc2c1. The summed E-state index contributed by atoms with van der Waals surface area (Å²) >= 11 is 6.31. The van der Waals surface area contributed by atoms with Crippen LogP contribution in [0.4, 0.5) is 5.69 Å². The molecule has 3 heterocycles. The van der Waals surface area contributed by atoms with E-state index in [1.165, 1.54) is 5.56 Å². The molecule has 5 rings (SSSR count). The maximum absolute atomic E-state index is 13.6. The minimum absolute atomic E-state index is 0.110. The summed E-state index contributed by atoms with van der Waals surface area (Å²) < 4.78 is 1.84. The lowest BCUT2D eigenvalue weighted by molar-refractivity contribution is 0.190. The Morgan fingerprint density at radius 3 is 2.41 bits per heavy atom. The smallest absolute Gasteiger partial charge is 0.253 e. The third kappa shape index (κ3) is 4.88. The zero-order chi connectivity index (χ0) is 26.5. The number of piperazine rings is 1. The minimum atomic E-state index is -0.384. The molecule has 194 valence electrons.